The van der Waals surface area contributed by atoms with E-state index in [1.807, 2.05) is 26.0 Å². The van der Waals surface area contributed by atoms with Crippen molar-refractivity contribution in [1.82, 2.24) is 10.5 Å². The van der Waals surface area contributed by atoms with Gasteiger partial charge < -0.3 is 19.3 Å². The summed E-state index contributed by atoms with van der Waals surface area (Å²) in [5.41, 5.74) is 3.18. The highest BCUT2D eigenvalue weighted by Crippen LogP contribution is 2.39. The number of rotatable bonds is 4. The van der Waals surface area contributed by atoms with Crippen LogP contribution < -0.4 is 14.8 Å². The molecule has 0 bridgehead atoms. The molecule has 1 aliphatic heterocycles. The lowest BCUT2D eigenvalue weighted by Crippen LogP contribution is -2.13. The molecule has 1 N–H and O–H groups in total. The predicted octanol–water partition coefficient (Wildman–Crippen LogP) is 3.07. The van der Waals surface area contributed by atoms with Crippen LogP contribution in [0.15, 0.2) is 21.1 Å². The molecule has 6 heteroatoms. The van der Waals surface area contributed by atoms with Crippen LogP contribution >= 0.6 is 15.9 Å². The first-order valence-electron chi connectivity index (χ1n) is 6.35. The summed E-state index contributed by atoms with van der Waals surface area (Å²) in [7, 11) is 0. The molecule has 0 aliphatic carbocycles. The summed E-state index contributed by atoms with van der Waals surface area (Å²) in [6.45, 7) is 5.62. The van der Waals surface area contributed by atoms with Crippen molar-refractivity contribution >= 4 is 15.9 Å². The van der Waals surface area contributed by atoms with Crippen LogP contribution in [0.1, 0.15) is 22.6 Å². The lowest BCUT2D eigenvalue weighted by molar-refractivity contribution is 0.173. The van der Waals surface area contributed by atoms with Crippen molar-refractivity contribution in [1.29, 1.82) is 0 Å². The Morgan fingerprint density at radius 1 is 1.25 bits per heavy atom. The largest absolute Gasteiger partial charge is 0.454 e. The molecule has 2 aromatic rings. The molecule has 0 radical (unpaired) electrons. The van der Waals surface area contributed by atoms with Crippen molar-refractivity contribution < 1.29 is 14.0 Å². The Labute approximate surface area is 125 Å². The molecule has 0 atom stereocenters. The zero-order chi connectivity index (χ0) is 14.1. The Morgan fingerprint density at radius 3 is 2.85 bits per heavy atom. The van der Waals surface area contributed by atoms with Gasteiger partial charge in [0.1, 0.15) is 5.76 Å². The average Bonchev–Trinajstić information content (AvgIpc) is 3.00. The number of hydrogen-bond donors (Lipinski definition) is 1. The first kappa shape index (κ1) is 13.5. The molecule has 0 saturated heterocycles. The molecule has 0 saturated carbocycles. The van der Waals surface area contributed by atoms with Crippen molar-refractivity contribution in [2.24, 2.45) is 0 Å². The quantitative estimate of drug-likeness (QED) is 0.928. The monoisotopic (exact) mass is 338 g/mol. The Balaban J connectivity index is 1.66. The zero-order valence-corrected chi connectivity index (χ0v) is 12.9. The first-order valence-corrected chi connectivity index (χ1v) is 7.15. The van der Waals surface area contributed by atoms with Crippen LogP contribution in [0.25, 0.3) is 0 Å². The molecule has 0 spiro atoms. The second-order valence-electron chi connectivity index (χ2n) is 4.72. The molecule has 106 valence electrons. The Hall–Kier alpha value is -1.53. The fraction of sp³-hybridized carbons (Fsp3) is 0.357. The third-order valence-electron chi connectivity index (χ3n) is 3.30. The van der Waals surface area contributed by atoms with E-state index >= 15 is 0 Å². The van der Waals surface area contributed by atoms with Gasteiger partial charge in [-0.05, 0) is 47.5 Å². The van der Waals surface area contributed by atoms with Crippen molar-refractivity contribution in [2.75, 3.05) is 6.79 Å². The smallest absolute Gasteiger partial charge is 0.231 e. The van der Waals surface area contributed by atoms with Gasteiger partial charge in [-0.2, -0.15) is 0 Å². The number of ether oxygens (including phenoxy) is 2. The molecule has 1 aromatic carbocycles. The molecule has 3 rings (SSSR count). The molecule has 0 amide bonds. The first-order chi connectivity index (χ1) is 9.65. The van der Waals surface area contributed by atoms with Gasteiger partial charge in [0.15, 0.2) is 11.5 Å². The van der Waals surface area contributed by atoms with Crippen LogP contribution in [0.2, 0.25) is 0 Å². The molecule has 5 nitrogen and oxygen atoms in total. The van der Waals surface area contributed by atoms with Gasteiger partial charge in [0.05, 0.1) is 10.2 Å². The third-order valence-corrected chi connectivity index (χ3v) is 3.89. The average molecular weight is 339 g/mol. The lowest BCUT2D eigenvalue weighted by Gasteiger charge is -2.07. The fourth-order valence-electron chi connectivity index (χ4n) is 2.21. The zero-order valence-electron chi connectivity index (χ0n) is 11.3. The van der Waals surface area contributed by atoms with Crippen molar-refractivity contribution in [2.45, 2.75) is 26.9 Å². The van der Waals surface area contributed by atoms with E-state index in [1.165, 1.54) is 0 Å². The molecule has 0 unspecified atom stereocenters. The molecule has 1 aliphatic rings. The minimum atomic E-state index is 0.282. The third kappa shape index (κ3) is 2.53. The van der Waals surface area contributed by atoms with Crippen LogP contribution in [-0.4, -0.2) is 11.9 Å². The van der Waals surface area contributed by atoms with Gasteiger partial charge in [-0.1, -0.05) is 5.16 Å². The maximum atomic E-state index is 5.41. The van der Waals surface area contributed by atoms with Crippen molar-refractivity contribution in [3.63, 3.8) is 0 Å². The molecule has 0 fully saturated rings. The highest BCUT2D eigenvalue weighted by Gasteiger charge is 2.17. The van der Waals surface area contributed by atoms with Crippen LogP contribution in [-0.2, 0) is 13.1 Å². The maximum absolute atomic E-state index is 5.41. The number of nitrogens with zero attached hydrogens (tertiary/aromatic N) is 1. The molecule has 1 aromatic heterocycles. The van der Waals surface area contributed by atoms with E-state index < -0.39 is 0 Å². The van der Waals surface area contributed by atoms with E-state index in [9.17, 15) is 0 Å². The summed E-state index contributed by atoms with van der Waals surface area (Å²) in [6, 6.07) is 4.03. The van der Waals surface area contributed by atoms with Crippen LogP contribution in [0.3, 0.4) is 0 Å². The van der Waals surface area contributed by atoms with Crippen molar-refractivity contribution in [3.05, 3.63) is 39.2 Å². The van der Waals surface area contributed by atoms with E-state index in [0.717, 1.165) is 51.6 Å². The van der Waals surface area contributed by atoms with Gasteiger partial charge >= 0.3 is 0 Å². The highest BCUT2D eigenvalue weighted by molar-refractivity contribution is 9.10. The topological polar surface area (TPSA) is 56.5 Å². The Bertz CT molecular complexity index is 620. The molecule has 20 heavy (non-hydrogen) atoms. The second kappa shape index (κ2) is 5.46. The number of nitrogens with one attached hydrogen (secondary N) is 1. The molecule has 2 heterocycles. The second-order valence-corrected chi connectivity index (χ2v) is 5.57. The van der Waals surface area contributed by atoms with Crippen LogP contribution in [0, 0.1) is 13.8 Å². The fourth-order valence-corrected chi connectivity index (χ4v) is 2.81. The van der Waals surface area contributed by atoms with Gasteiger partial charge in [0.25, 0.3) is 0 Å². The number of aryl methyl sites for hydroxylation is 2. The van der Waals surface area contributed by atoms with Crippen LogP contribution in [0.4, 0.5) is 0 Å². The van der Waals surface area contributed by atoms with Crippen LogP contribution in [0.5, 0.6) is 11.5 Å². The van der Waals surface area contributed by atoms with Crippen molar-refractivity contribution in [3.8, 4) is 11.5 Å². The minimum absolute atomic E-state index is 0.282. The van der Waals surface area contributed by atoms with E-state index in [4.69, 9.17) is 14.0 Å². The summed E-state index contributed by atoms with van der Waals surface area (Å²) < 4.78 is 16.8. The number of benzene rings is 1. The lowest BCUT2D eigenvalue weighted by atomic mass is 10.1. The number of aromatic nitrogens is 1. The normalized spacial score (nSPS) is 12.9. The van der Waals surface area contributed by atoms with E-state index in [2.05, 4.69) is 26.4 Å². The van der Waals surface area contributed by atoms with Gasteiger partial charge in [0.2, 0.25) is 6.79 Å². The summed E-state index contributed by atoms with van der Waals surface area (Å²) in [5.74, 6) is 2.43. The molecular formula is C14H15BrN2O3. The predicted molar refractivity (Wildman–Crippen MR) is 76.8 cm³/mol. The molecular weight excluding hydrogens is 324 g/mol. The summed E-state index contributed by atoms with van der Waals surface area (Å²) in [6.07, 6.45) is 0. The standard InChI is InChI=1S/C14H15BrN2O3/c1-8-11(9(2)20-17-8)6-16-5-10-3-12(15)14-13(4-10)18-7-19-14/h3-4,16H,5-7H2,1-2H3. The van der Waals surface area contributed by atoms with Gasteiger partial charge in [0, 0.05) is 18.7 Å². The summed E-state index contributed by atoms with van der Waals surface area (Å²) in [4.78, 5) is 0. The number of fused-ring (bicyclic) bond motifs is 1. The Kier molecular flexibility index (Phi) is 3.67. The number of hydrogen-bond acceptors (Lipinski definition) is 5. The maximum Gasteiger partial charge on any atom is 0.231 e. The van der Waals surface area contributed by atoms with Gasteiger partial charge in [-0.25, -0.2) is 0 Å². The SMILES string of the molecule is Cc1noc(C)c1CNCc1cc(Br)c2c(c1)OCO2. The van der Waals surface area contributed by atoms with E-state index in [-0.39, 0.29) is 6.79 Å². The van der Waals surface area contributed by atoms with E-state index in [1.54, 1.807) is 0 Å². The Morgan fingerprint density at radius 2 is 2.10 bits per heavy atom. The summed E-state index contributed by atoms with van der Waals surface area (Å²) in [5, 5.41) is 7.33. The van der Waals surface area contributed by atoms with Gasteiger partial charge in [-0.3, -0.25) is 0 Å². The minimum Gasteiger partial charge on any atom is -0.454 e. The highest BCUT2D eigenvalue weighted by atomic mass is 79.9. The summed E-state index contributed by atoms with van der Waals surface area (Å²) >= 11 is 3.49. The van der Waals surface area contributed by atoms with E-state index in [0.29, 0.717) is 0 Å². The van der Waals surface area contributed by atoms with Gasteiger partial charge in [-0.15, -0.1) is 0 Å². The number of halogens is 1.